The Kier molecular flexibility index (Phi) is 11.1. The van der Waals surface area contributed by atoms with Gasteiger partial charge in [0, 0.05) is 34.7 Å². The van der Waals surface area contributed by atoms with E-state index in [0.717, 1.165) is 4.31 Å². The lowest BCUT2D eigenvalue weighted by Crippen LogP contribution is -2.51. The number of likely N-dealkylation sites (N-methyl/N-ethyl adjacent to an activating group) is 1. The molecule has 220 valence electrons. The zero-order valence-corrected chi connectivity index (χ0v) is 25.9. The lowest BCUT2D eigenvalue weighted by Gasteiger charge is -2.33. The fraction of sp³-hybridized carbons (Fsp3) is 0.286. The number of halogens is 3. The number of sulfonamides is 1. The Morgan fingerprint density at radius 2 is 1.54 bits per heavy atom. The molecule has 1 atom stereocenters. The van der Waals surface area contributed by atoms with Gasteiger partial charge in [0.1, 0.15) is 12.6 Å². The number of nitrogens with one attached hydrogen (secondary N) is 1. The highest BCUT2D eigenvalue weighted by molar-refractivity contribution is 7.92. The second kappa shape index (κ2) is 14.1. The minimum Gasteiger partial charge on any atom is -0.493 e. The summed E-state index contributed by atoms with van der Waals surface area (Å²) in [6, 6.07) is 14.0. The molecule has 0 saturated heterocycles. The molecule has 2 amide bonds. The number of methoxy groups -OCH3 is 2. The molecular weight excluding hydrogens is 613 g/mol. The molecule has 3 aromatic rings. The van der Waals surface area contributed by atoms with Gasteiger partial charge in [-0.15, -0.1) is 0 Å². The molecule has 9 nitrogen and oxygen atoms in total. The summed E-state index contributed by atoms with van der Waals surface area (Å²) >= 11 is 18.5. The van der Waals surface area contributed by atoms with Crippen molar-refractivity contribution in [3.8, 4) is 11.5 Å². The number of anilines is 1. The third-order valence-electron chi connectivity index (χ3n) is 6.32. The van der Waals surface area contributed by atoms with Gasteiger partial charge in [-0.25, -0.2) is 8.42 Å². The second-order valence-electron chi connectivity index (χ2n) is 8.80. The monoisotopic (exact) mass is 641 g/mol. The Hall–Kier alpha value is -3.18. The zero-order chi connectivity index (χ0) is 30.3. The SMILES string of the molecule is CC[C@H](C(=O)NC)N(Cc1ccc(Cl)cc1Cl)C(=O)CN(c1ccc(Cl)cc1)S(=O)(=O)c1ccc(OC)c(OC)c1. The summed E-state index contributed by atoms with van der Waals surface area (Å²) in [6.45, 7) is 1.06. The van der Waals surface area contributed by atoms with Crippen LogP contribution in [0, 0.1) is 0 Å². The Labute approximate surface area is 254 Å². The summed E-state index contributed by atoms with van der Waals surface area (Å²) in [4.78, 5) is 28.0. The van der Waals surface area contributed by atoms with Gasteiger partial charge in [0.05, 0.1) is 24.8 Å². The van der Waals surface area contributed by atoms with Crippen molar-refractivity contribution in [2.24, 2.45) is 0 Å². The number of ether oxygens (including phenoxy) is 2. The molecule has 13 heteroatoms. The first kappa shape index (κ1) is 32.3. The van der Waals surface area contributed by atoms with E-state index in [9.17, 15) is 18.0 Å². The number of carbonyl (C=O) groups is 2. The molecule has 0 heterocycles. The first-order valence-electron chi connectivity index (χ1n) is 12.4. The number of amides is 2. The van der Waals surface area contributed by atoms with Crippen molar-refractivity contribution in [3.05, 3.63) is 81.3 Å². The first-order chi connectivity index (χ1) is 19.5. The summed E-state index contributed by atoms with van der Waals surface area (Å²) in [5.74, 6) is -0.513. The van der Waals surface area contributed by atoms with Gasteiger partial charge in [0.2, 0.25) is 11.8 Å². The molecule has 41 heavy (non-hydrogen) atoms. The first-order valence-corrected chi connectivity index (χ1v) is 15.0. The van der Waals surface area contributed by atoms with E-state index in [1.807, 2.05) is 0 Å². The van der Waals surface area contributed by atoms with Crippen LogP contribution in [0.15, 0.2) is 65.6 Å². The van der Waals surface area contributed by atoms with Gasteiger partial charge < -0.3 is 19.7 Å². The van der Waals surface area contributed by atoms with E-state index in [2.05, 4.69) is 5.32 Å². The van der Waals surface area contributed by atoms with Crippen LogP contribution in [0.5, 0.6) is 11.5 Å². The fourth-order valence-corrected chi connectivity index (χ4v) is 6.18. The van der Waals surface area contributed by atoms with Gasteiger partial charge >= 0.3 is 0 Å². The summed E-state index contributed by atoms with van der Waals surface area (Å²) in [6.07, 6.45) is 0.264. The topological polar surface area (TPSA) is 105 Å². The van der Waals surface area contributed by atoms with Crippen LogP contribution in [0.2, 0.25) is 15.1 Å². The van der Waals surface area contributed by atoms with Crippen molar-refractivity contribution >= 4 is 62.3 Å². The van der Waals surface area contributed by atoms with Gasteiger partial charge in [-0.05, 0) is 60.5 Å². The van der Waals surface area contributed by atoms with Crippen LogP contribution in [-0.2, 0) is 26.2 Å². The second-order valence-corrected chi connectivity index (χ2v) is 11.9. The van der Waals surface area contributed by atoms with Gasteiger partial charge in [0.25, 0.3) is 10.0 Å². The van der Waals surface area contributed by atoms with Crippen LogP contribution >= 0.6 is 34.8 Å². The molecule has 0 bridgehead atoms. The maximum Gasteiger partial charge on any atom is 0.264 e. The van der Waals surface area contributed by atoms with Crippen molar-refractivity contribution in [1.29, 1.82) is 0 Å². The summed E-state index contributed by atoms with van der Waals surface area (Å²) in [5, 5.41) is 3.66. The summed E-state index contributed by atoms with van der Waals surface area (Å²) in [7, 11) is -0.0517. The van der Waals surface area contributed by atoms with Crippen molar-refractivity contribution in [2.75, 3.05) is 32.1 Å². The number of benzene rings is 3. The van der Waals surface area contributed by atoms with E-state index >= 15 is 0 Å². The predicted molar refractivity (Wildman–Crippen MR) is 161 cm³/mol. The third kappa shape index (κ3) is 7.56. The third-order valence-corrected chi connectivity index (χ3v) is 8.93. The molecule has 0 radical (unpaired) electrons. The van der Waals surface area contributed by atoms with E-state index in [1.165, 1.54) is 74.7 Å². The lowest BCUT2D eigenvalue weighted by molar-refractivity contribution is -0.140. The molecule has 3 aromatic carbocycles. The molecule has 0 fully saturated rings. The number of hydrogen-bond donors (Lipinski definition) is 1. The Morgan fingerprint density at radius 1 is 0.902 bits per heavy atom. The normalized spacial score (nSPS) is 11.9. The number of hydrogen-bond acceptors (Lipinski definition) is 6. The van der Waals surface area contributed by atoms with Crippen LogP contribution in [0.4, 0.5) is 5.69 Å². The van der Waals surface area contributed by atoms with Crippen molar-refractivity contribution in [3.63, 3.8) is 0 Å². The van der Waals surface area contributed by atoms with Crippen LogP contribution in [0.3, 0.4) is 0 Å². The standard InChI is InChI=1S/C28H30Cl3N3O6S/c1-5-24(28(36)32-2)33(16-18-6-7-20(30)14-23(18)31)27(35)17-34(21-10-8-19(29)9-11-21)41(37,38)22-12-13-25(39-3)26(15-22)40-4/h6-15,24H,5,16-17H2,1-4H3,(H,32,36)/t24-/m1/s1. The van der Waals surface area contributed by atoms with Crippen LogP contribution in [-0.4, -0.2) is 59.0 Å². The van der Waals surface area contributed by atoms with Crippen LogP contribution < -0.4 is 19.1 Å². The van der Waals surface area contributed by atoms with E-state index < -0.39 is 34.4 Å². The zero-order valence-electron chi connectivity index (χ0n) is 22.9. The smallest absolute Gasteiger partial charge is 0.264 e. The number of rotatable bonds is 12. The predicted octanol–water partition coefficient (Wildman–Crippen LogP) is 5.41. The van der Waals surface area contributed by atoms with Crippen LogP contribution in [0.25, 0.3) is 0 Å². The molecule has 0 spiro atoms. The fourth-order valence-electron chi connectivity index (χ4n) is 4.16. The highest BCUT2D eigenvalue weighted by atomic mass is 35.5. The molecule has 0 aliphatic carbocycles. The van der Waals surface area contributed by atoms with Gasteiger partial charge in [0.15, 0.2) is 11.5 Å². The highest BCUT2D eigenvalue weighted by Crippen LogP contribution is 2.33. The molecule has 0 unspecified atom stereocenters. The molecule has 3 rings (SSSR count). The minimum atomic E-state index is -4.33. The summed E-state index contributed by atoms with van der Waals surface area (Å²) in [5.41, 5.74) is 0.725. The Bertz CT molecular complexity index is 1500. The van der Waals surface area contributed by atoms with Crippen molar-refractivity contribution in [1.82, 2.24) is 10.2 Å². The highest BCUT2D eigenvalue weighted by Gasteiger charge is 2.34. The van der Waals surface area contributed by atoms with Crippen LogP contribution in [0.1, 0.15) is 18.9 Å². The average Bonchev–Trinajstić information content (AvgIpc) is 2.96. The molecule has 0 aromatic heterocycles. The molecule has 1 N–H and O–H groups in total. The van der Waals surface area contributed by atoms with Gasteiger partial charge in [-0.1, -0.05) is 47.8 Å². The van der Waals surface area contributed by atoms with E-state index in [-0.39, 0.29) is 29.3 Å². The Balaban J connectivity index is 2.11. The Morgan fingerprint density at radius 3 is 2.10 bits per heavy atom. The lowest BCUT2D eigenvalue weighted by atomic mass is 10.1. The van der Waals surface area contributed by atoms with Gasteiger partial charge in [-0.3, -0.25) is 13.9 Å². The summed E-state index contributed by atoms with van der Waals surface area (Å²) < 4.78 is 39.6. The van der Waals surface area contributed by atoms with E-state index in [0.29, 0.717) is 26.4 Å². The van der Waals surface area contributed by atoms with E-state index in [1.54, 1.807) is 19.1 Å². The molecule has 0 aliphatic heterocycles. The number of carbonyl (C=O) groups excluding carboxylic acids is 2. The van der Waals surface area contributed by atoms with Gasteiger partial charge in [-0.2, -0.15) is 0 Å². The largest absolute Gasteiger partial charge is 0.493 e. The van der Waals surface area contributed by atoms with E-state index in [4.69, 9.17) is 44.3 Å². The maximum absolute atomic E-state index is 14.0. The minimum absolute atomic E-state index is 0.0639. The average molecular weight is 643 g/mol. The molecule has 0 aliphatic rings. The number of nitrogens with zero attached hydrogens (tertiary/aromatic N) is 2. The van der Waals surface area contributed by atoms with Crippen molar-refractivity contribution in [2.45, 2.75) is 30.8 Å². The quantitative estimate of drug-likeness (QED) is 0.283. The maximum atomic E-state index is 14.0. The van der Waals surface area contributed by atoms with Crippen molar-refractivity contribution < 1.29 is 27.5 Å². The molecule has 0 saturated carbocycles. The molecular formula is C28H30Cl3N3O6S.